The molecule has 0 radical (unpaired) electrons. The van der Waals surface area contributed by atoms with Crippen molar-refractivity contribution in [2.45, 2.75) is 6.04 Å². The van der Waals surface area contributed by atoms with Crippen molar-refractivity contribution in [3.8, 4) is 0 Å². The maximum absolute atomic E-state index is 8.05. The van der Waals surface area contributed by atoms with Gasteiger partial charge in [0.1, 0.15) is 0 Å². The van der Waals surface area contributed by atoms with E-state index in [0.29, 0.717) is 0 Å². The Bertz CT molecular complexity index is 32.1. The number of aliphatic hydroxyl groups excluding tert-OH is 2. The Morgan fingerprint density at radius 1 is 1.29 bits per heavy atom. The molecule has 0 heterocycles. The van der Waals surface area contributed by atoms with E-state index in [1.807, 2.05) is 0 Å². The molecule has 0 amide bonds. The van der Waals surface area contributed by atoms with Crippen LogP contribution in [0.15, 0.2) is 0 Å². The number of nitrogens with two attached hydrogens (primary N) is 1. The van der Waals surface area contributed by atoms with Crippen molar-refractivity contribution in [1.29, 1.82) is 0 Å². The summed E-state index contributed by atoms with van der Waals surface area (Å²) in [5.74, 6) is 0. The predicted octanol–water partition coefficient (Wildman–Crippen LogP) is -2.35. The summed E-state index contributed by atoms with van der Waals surface area (Å²) in [6, 6.07) is -0.454. The third-order valence-corrected chi connectivity index (χ3v) is 0.469. The molecule has 40 valence electrons. The molecule has 3 nitrogen and oxygen atoms in total. The molecule has 7 heavy (non-hydrogen) atoms. The summed E-state index contributed by atoms with van der Waals surface area (Å²) in [5, 5.41) is 16.1. The molecule has 0 rings (SSSR count). The van der Waals surface area contributed by atoms with Gasteiger partial charge in [-0.25, -0.2) is 0 Å². The van der Waals surface area contributed by atoms with Gasteiger partial charge in [-0.05, 0) is 0 Å². The average molecular weight is 115 g/mol. The van der Waals surface area contributed by atoms with Gasteiger partial charge in [-0.15, -0.1) is 0 Å². The van der Waals surface area contributed by atoms with Gasteiger partial charge in [0, 0.05) is 0 Å². The Labute approximate surface area is 64.8 Å². The summed E-state index contributed by atoms with van der Waals surface area (Å²) in [5.41, 5.74) is 4.97. The summed E-state index contributed by atoms with van der Waals surface area (Å²) >= 11 is 0. The van der Waals surface area contributed by atoms with Gasteiger partial charge in [0.05, 0.1) is 19.3 Å². The van der Waals surface area contributed by atoms with Crippen LogP contribution in [0.4, 0.5) is 0 Å². The van der Waals surface area contributed by atoms with Crippen molar-refractivity contribution in [3.63, 3.8) is 0 Å². The fourth-order valence-corrected chi connectivity index (χ4v) is 0.0577. The van der Waals surface area contributed by atoms with Crippen LogP contribution in [0.3, 0.4) is 0 Å². The van der Waals surface area contributed by atoms with Crippen LogP contribution in [0, 0.1) is 0 Å². The predicted molar refractivity (Wildman–Crippen MR) is 29.3 cm³/mol. The SMILES string of the molecule is NC(CO)CO.[NaH]. The van der Waals surface area contributed by atoms with Crippen molar-refractivity contribution >= 4 is 29.6 Å². The zero-order valence-electron chi connectivity index (χ0n) is 3.46. The number of rotatable bonds is 2. The Kier molecular flexibility index (Phi) is 10.6. The van der Waals surface area contributed by atoms with Gasteiger partial charge in [-0.3, -0.25) is 0 Å². The van der Waals surface area contributed by atoms with Crippen molar-refractivity contribution in [2.24, 2.45) is 5.73 Å². The molecule has 0 atom stereocenters. The second-order valence-corrected chi connectivity index (χ2v) is 1.13. The summed E-state index contributed by atoms with van der Waals surface area (Å²) in [6.07, 6.45) is 0. The van der Waals surface area contributed by atoms with E-state index in [1.54, 1.807) is 0 Å². The van der Waals surface area contributed by atoms with E-state index in [1.165, 1.54) is 0 Å². The zero-order valence-corrected chi connectivity index (χ0v) is 3.46. The molecule has 0 bridgehead atoms. The van der Waals surface area contributed by atoms with E-state index in [9.17, 15) is 0 Å². The van der Waals surface area contributed by atoms with Crippen LogP contribution in [0.5, 0.6) is 0 Å². The molecular weight excluding hydrogens is 105 g/mol. The van der Waals surface area contributed by atoms with Crippen LogP contribution < -0.4 is 5.73 Å². The maximum atomic E-state index is 8.05. The molecule has 0 saturated heterocycles. The van der Waals surface area contributed by atoms with E-state index >= 15 is 0 Å². The number of hydrogen-bond donors (Lipinski definition) is 3. The van der Waals surface area contributed by atoms with Crippen LogP contribution in [-0.2, 0) is 0 Å². The summed E-state index contributed by atoms with van der Waals surface area (Å²) < 4.78 is 0. The summed E-state index contributed by atoms with van der Waals surface area (Å²) in [6.45, 7) is -0.285. The topological polar surface area (TPSA) is 66.5 Å². The Hall–Kier alpha value is 0.880. The van der Waals surface area contributed by atoms with Gasteiger partial charge in [0.25, 0.3) is 0 Å². The molecular formula is C3H10NNaO2. The van der Waals surface area contributed by atoms with Crippen molar-refractivity contribution in [2.75, 3.05) is 13.2 Å². The first-order valence-corrected chi connectivity index (χ1v) is 1.78. The second-order valence-electron chi connectivity index (χ2n) is 1.13. The molecule has 0 aliphatic carbocycles. The molecule has 0 aliphatic heterocycles. The molecule has 0 unspecified atom stereocenters. The van der Waals surface area contributed by atoms with Gasteiger partial charge < -0.3 is 15.9 Å². The fourth-order valence-electron chi connectivity index (χ4n) is 0.0577. The van der Waals surface area contributed by atoms with Crippen LogP contribution in [0.1, 0.15) is 0 Å². The molecule has 0 aliphatic rings. The first-order valence-electron chi connectivity index (χ1n) is 1.78. The average Bonchev–Trinajstić information content (AvgIpc) is 1.65. The van der Waals surface area contributed by atoms with Gasteiger partial charge in [0.2, 0.25) is 0 Å². The van der Waals surface area contributed by atoms with Gasteiger partial charge >= 0.3 is 29.6 Å². The van der Waals surface area contributed by atoms with E-state index in [-0.39, 0.29) is 42.8 Å². The molecule has 0 aromatic rings. The second kappa shape index (κ2) is 6.88. The number of aliphatic hydroxyl groups is 2. The first kappa shape index (κ1) is 10.8. The van der Waals surface area contributed by atoms with Gasteiger partial charge in [-0.2, -0.15) is 0 Å². The third kappa shape index (κ3) is 6.88. The van der Waals surface area contributed by atoms with Gasteiger partial charge in [-0.1, -0.05) is 0 Å². The molecule has 0 spiro atoms. The first-order chi connectivity index (χ1) is 2.81. The standard InChI is InChI=1S/C3H9NO2.Na.H/c4-3(1-5)2-6;;/h3,5-6H,1-2,4H2;;. The van der Waals surface area contributed by atoms with Crippen molar-refractivity contribution < 1.29 is 10.2 Å². The van der Waals surface area contributed by atoms with Crippen molar-refractivity contribution in [3.05, 3.63) is 0 Å². The Morgan fingerprint density at radius 2 is 1.57 bits per heavy atom. The Morgan fingerprint density at radius 3 is 1.57 bits per heavy atom. The van der Waals surface area contributed by atoms with E-state index < -0.39 is 6.04 Å². The fraction of sp³-hybridized carbons (Fsp3) is 1.00. The quantitative estimate of drug-likeness (QED) is 0.353. The minimum atomic E-state index is -0.454. The molecule has 0 fully saturated rings. The molecule has 0 aromatic carbocycles. The monoisotopic (exact) mass is 115 g/mol. The van der Waals surface area contributed by atoms with E-state index in [4.69, 9.17) is 15.9 Å². The molecule has 0 aromatic heterocycles. The Balaban J connectivity index is 0. The van der Waals surface area contributed by atoms with Crippen LogP contribution in [0.25, 0.3) is 0 Å². The molecule has 0 saturated carbocycles. The zero-order chi connectivity index (χ0) is 4.99. The van der Waals surface area contributed by atoms with E-state index in [2.05, 4.69) is 0 Å². The van der Waals surface area contributed by atoms with Crippen molar-refractivity contribution in [1.82, 2.24) is 0 Å². The third-order valence-electron chi connectivity index (χ3n) is 0.469. The van der Waals surface area contributed by atoms with Crippen LogP contribution >= 0.6 is 0 Å². The van der Waals surface area contributed by atoms with Crippen LogP contribution in [0.2, 0.25) is 0 Å². The van der Waals surface area contributed by atoms with E-state index in [0.717, 1.165) is 0 Å². The van der Waals surface area contributed by atoms with Gasteiger partial charge in [0.15, 0.2) is 0 Å². The normalized spacial score (nSPS) is 8.57. The number of hydrogen-bond acceptors (Lipinski definition) is 3. The molecule has 4 N–H and O–H groups in total. The summed E-state index contributed by atoms with van der Waals surface area (Å²) in [7, 11) is 0. The molecule has 4 heteroatoms. The van der Waals surface area contributed by atoms with Crippen LogP contribution in [-0.4, -0.2) is 59.0 Å². The summed E-state index contributed by atoms with van der Waals surface area (Å²) in [4.78, 5) is 0. The minimum absolute atomic E-state index is 0.